The van der Waals surface area contributed by atoms with Crippen LogP contribution in [0, 0.1) is 0 Å². The Labute approximate surface area is 287 Å². The third-order valence-electron chi connectivity index (χ3n) is 8.77. The van der Waals surface area contributed by atoms with Gasteiger partial charge in [-0.2, -0.15) is 0 Å². The van der Waals surface area contributed by atoms with Crippen molar-refractivity contribution < 1.29 is 28.6 Å². The number of benzene rings is 4. The quantitative estimate of drug-likeness (QED) is 0.133. The van der Waals surface area contributed by atoms with Gasteiger partial charge in [0.1, 0.15) is 6.04 Å². The van der Waals surface area contributed by atoms with E-state index in [2.05, 4.69) is 21.3 Å². The van der Waals surface area contributed by atoms with Crippen LogP contribution < -0.4 is 21.3 Å². The highest BCUT2D eigenvalue weighted by atomic mass is 16.5. The standard InChI is InChI=1S/C39H44N4O6/c1-47-38(45)42-34-20-12-10-13-27(34)21-23-31-26-49-32(25-40-31)24-22-28-14-9-11-19-33(28)41-37(44)36(43-39(46)48-2)35(29-15-5-3-6-16-29)30-17-7-4-8-18-30/h3-20,31-32,35-36,40H,21-26H2,1-2H3,(H,41,44)(H,42,45)(H,43,46)/t31-,32-,36+/m1/s1. The molecule has 0 bridgehead atoms. The number of ether oxygens (including phenoxy) is 3. The van der Waals surface area contributed by atoms with E-state index in [1.165, 1.54) is 14.2 Å². The molecule has 1 heterocycles. The molecule has 4 N–H and O–H groups in total. The van der Waals surface area contributed by atoms with E-state index in [1.54, 1.807) is 0 Å². The summed E-state index contributed by atoms with van der Waals surface area (Å²) in [6.45, 7) is 1.29. The van der Waals surface area contributed by atoms with Crippen molar-refractivity contribution in [3.8, 4) is 0 Å². The first-order valence-electron chi connectivity index (χ1n) is 16.6. The molecule has 1 aliphatic heterocycles. The molecule has 3 amide bonds. The normalized spacial score (nSPS) is 16.3. The van der Waals surface area contributed by atoms with E-state index in [-0.39, 0.29) is 18.1 Å². The van der Waals surface area contributed by atoms with Gasteiger partial charge >= 0.3 is 12.2 Å². The maximum absolute atomic E-state index is 14.1. The smallest absolute Gasteiger partial charge is 0.411 e. The first kappa shape index (κ1) is 35.1. The van der Waals surface area contributed by atoms with Gasteiger partial charge in [0.25, 0.3) is 0 Å². The molecule has 3 atom stereocenters. The van der Waals surface area contributed by atoms with Crippen LogP contribution in [0.25, 0.3) is 0 Å². The summed E-state index contributed by atoms with van der Waals surface area (Å²) in [4.78, 5) is 38.3. The second-order valence-corrected chi connectivity index (χ2v) is 12.0. The zero-order valence-electron chi connectivity index (χ0n) is 27.9. The van der Waals surface area contributed by atoms with Gasteiger partial charge in [-0.1, -0.05) is 97.1 Å². The lowest BCUT2D eigenvalue weighted by Crippen LogP contribution is -2.48. The Hall–Kier alpha value is -5.19. The predicted octanol–water partition coefficient (Wildman–Crippen LogP) is 6.28. The monoisotopic (exact) mass is 664 g/mol. The van der Waals surface area contributed by atoms with Crippen LogP contribution in [0.2, 0.25) is 0 Å². The Morgan fingerprint density at radius 2 is 1.24 bits per heavy atom. The highest BCUT2D eigenvalue weighted by Crippen LogP contribution is 2.30. The van der Waals surface area contributed by atoms with Gasteiger partial charge in [-0.15, -0.1) is 0 Å². The number of hydrogen-bond donors (Lipinski definition) is 4. The molecule has 10 heteroatoms. The number of methoxy groups -OCH3 is 2. The van der Waals surface area contributed by atoms with Crippen molar-refractivity contribution in [1.29, 1.82) is 0 Å². The number of aryl methyl sites for hydroxylation is 2. The fraction of sp³-hybridized carbons (Fsp3) is 0.308. The predicted molar refractivity (Wildman–Crippen MR) is 190 cm³/mol. The van der Waals surface area contributed by atoms with Crippen LogP contribution in [0.3, 0.4) is 0 Å². The van der Waals surface area contributed by atoms with Crippen molar-refractivity contribution in [2.24, 2.45) is 0 Å². The van der Waals surface area contributed by atoms with Gasteiger partial charge in [-0.25, -0.2) is 9.59 Å². The number of amides is 3. The number of morpholine rings is 1. The average Bonchev–Trinajstić information content (AvgIpc) is 3.15. The van der Waals surface area contributed by atoms with Crippen LogP contribution in [0.5, 0.6) is 0 Å². The van der Waals surface area contributed by atoms with Crippen molar-refractivity contribution >= 4 is 29.5 Å². The second kappa shape index (κ2) is 17.8. The van der Waals surface area contributed by atoms with Gasteiger partial charge < -0.3 is 30.2 Å². The lowest BCUT2D eigenvalue weighted by Gasteiger charge is -2.31. The Morgan fingerprint density at radius 3 is 1.80 bits per heavy atom. The second-order valence-electron chi connectivity index (χ2n) is 12.0. The van der Waals surface area contributed by atoms with E-state index in [4.69, 9.17) is 14.2 Å². The minimum Gasteiger partial charge on any atom is -0.453 e. The third kappa shape index (κ3) is 9.91. The van der Waals surface area contributed by atoms with E-state index >= 15 is 0 Å². The average molecular weight is 665 g/mol. The molecule has 0 aromatic heterocycles. The van der Waals surface area contributed by atoms with E-state index < -0.39 is 24.1 Å². The lowest BCUT2D eigenvalue weighted by atomic mass is 9.84. The van der Waals surface area contributed by atoms with Crippen LogP contribution in [0.15, 0.2) is 109 Å². The largest absolute Gasteiger partial charge is 0.453 e. The molecular formula is C39H44N4O6. The molecule has 0 aliphatic carbocycles. The fourth-order valence-corrected chi connectivity index (χ4v) is 6.16. The SMILES string of the molecule is COC(=O)Nc1ccccc1CC[C@@H]1CO[C@H](CCc2ccccc2NC(=O)[C@@H](NC(=O)OC)C(c2ccccc2)c2ccccc2)CN1. The molecule has 1 aliphatic rings. The number of anilines is 2. The minimum atomic E-state index is -0.948. The van der Waals surface area contributed by atoms with Crippen LogP contribution in [-0.4, -0.2) is 63.7 Å². The topological polar surface area (TPSA) is 127 Å². The summed E-state index contributed by atoms with van der Waals surface area (Å²) in [5.41, 5.74) is 5.23. The van der Waals surface area contributed by atoms with E-state index in [1.807, 2.05) is 109 Å². The van der Waals surface area contributed by atoms with Crippen molar-refractivity contribution in [3.05, 3.63) is 131 Å². The zero-order valence-corrected chi connectivity index (χ0v) is 27.9. The first-order valence-corrected chi connectivity index (χ1v) is 16.6. The number of rotatable bonds is 13. The molecule has 0 radical (unpaired) electrons. The molecule has 4 aromatic rings. The maximum atomic E-state index is 14.1. The minimum absolute atomic E-state index is 0.0163. The molecule has 10 nitrogen and oxygen atoms in total. The number of para-hydroxylation sites is 2. The Bertz CT molecular complexity index is 1620. The van der Waals surface area contributed by atoms with Gasteiger partial charge in [0.2, 0.25) is 5.91 Å². The molecular weight excluding hydrogens is 620 g/mol. The Balaban J connectivity index is 1.20. The molecule has 0 unspecified atom stereocenters. The molecule has 256 valence electrons. The van der Waals surface area contributed by atoms with E-state index in [0.717, 1.165) is 47.2 Å². The van der Waals surface area contributed by atoms with Crippen LogP contribution >= 0.6 is 0 Å². The van der Waals surface area contributed by atoms with Crippen molar-refractivity contribution in [2.75, 3.05) is 38.0 Å². The number of nitrogens with one attached hydrogen (secondary N) is 4. The molecule has 0 saturated carbocycles. The van der Waals surface area contributed by atoms with Gasteiger partial charge in [-0.05, 0) is 60.1 Å². The van der Waals surface area contributed by atoms with Gasteiger partial charge in [0.15, 0.2) is 0 Å². The van der Waals surface area contributed by atoms with Crippen molar-refractivity contribution in [3.63, 3.8) is 0 Å². The Kier molecular flexibility index (Phi) is 12.8. The zero-order chi connectivity index (χ0) is 34.4. The molecule has 1 fully saturated rings. The summed E-state index contributed by atoms with van der Waals surface area (Å²) < 4.78 is 15.9. The molecule has 4 aromatic carbocycles. The molecule has 49 heavy (non-hydrogen) atoms. The van der Waals surface area contributed by atoms with Gasteiger partial charge in [0.05, 0.1) is 26.9 Å². The number of hydrogen-bond acceptors (Lipinski definition) is 7. The number of carbonyl (C=O) groups is 3. The van der Waals surface area contributed by atoms with Gasteiger partial charge in [0, 0.05) is 29.9 Å². The summed E-state index contributed by atoms with van der Waals surface area (Å²) in [5.74, 6) is -0.807. The lowest BCUT2D eigenvalue weighted by molar-refractivity contribution is -0.118. The van der Waals surface area contributed by atoms with Gasteiger partial charge in [-0.3, -0.25) is 10.1 Å². The van der Waals surface area contributed by atoms with Crippen molar-refractivity contribution in [1.82, 2.24) is 10.6 Å². The molecule has 0 spiro atoms. The van der Waals surface area contributed by atoms with E-state index in [9.17, 15) is 14.4 Å². The van der Waals surface area contributed by atoms with Crippen LogP contribution in [0.4, 0.5) is 21.0 Å². The number of alkyl carbamates (subject to hydrolysis) is 1. The van der Waals surface area contributed by atoms with Crippen molar-refractivity contribution in [2.45, 2.75) is 49.8 Å². The highest BCUT2D eigenvalue weighted by Gasteiger charge is 2.33. The molecule has 5 rings (SSSR count). The molecule has 1 saturated heterocycles. The Morgan fingerprint density at radius 1 is 0.714 bits per heavy atom. The number of carbonyl (C=O) groups excluding carboxylic acids is 3. The summed E-state index contributed by atoms with van der Waals surface area (Å²) in [5, 5.41) is 12.3. The van der Waals surface area contributed by atoms with Crippen LogP contribution in [-0.2, 0) is 31.8 Å². The summed E-state index contributed by atoms with van der Waals surface area (Å²) >= 11 is 0. The highest BCUT2D eigenvalue weighted by molar-refractivity contribution is 5.98. The summed E-state index contributed by atoms with van der Waals surface area (Å²) in [7, 11) is 2.63. The fourth-order valence-electron chi connectivity index (χ4n) is 6.16. The summed E-state index contributed by atoms with van der Waals surface area (Å²) in [6.07, 6.45) is 1.93. The summed E-state index contributed by atoms with van der Waals surface area (Å²) in [6, 6.07) is 34.0. The van der Waals surface area contributed by atoms with E-state index in [0.29, 0.717) is 25.3 Å². The third-order valence-corrected chi connectivity index (χ3v) is 8.77. The maximum Gasteiger partial charge on any atom is 0.411 e. The van der Waals surface area contributed by atoms with Crippen LogP contribution in [0.1, 0.15) is 41.0 Å². The first-order chi connectivity index (χ1) is 23.9.